The highest BCUT2D eigenvalue weighted by Gasteiger charge is 2.41. The Balaban J connectivity index is 1.55. The minimum absolute atomic E-state index is 0.148. The molecular formula is C17H20N4O2. The number of hydrogen-bond donors (Lipinski definition) is 1. The molecule has 6 nitrogen and oxygen atoms in total. The molecule has 1 N–H and O–H groups in total. The number of imidazole rings is 1. The smallest absolute Gasteiger partial charge is 0.267 e. The molecule has 3 rings (SSSR count). The summed E-state index contributed by atoms with van der Waals surface area (Å²) in [7, 11) is 0. The van der Waals surface area contributed by atoms with Gasteiger partial charge in [-0.25, -0.2) is 4.98 Å². The molecule has 0 saturated heterocycles. The Hall–Kier alpha value is -2.63. The van der Waals surface area contributed by atoms with E-state index in [1.54, 1.807) is 13.1 Å². The standard InChI is InChI=1S/C17H20N4O2/c1-13-18-8-10-21(13)11-9-19-16(22)17(2)12-15(20-23-17)14-6-4-3-5-7-14/h3-8,10H,9,11-12H2,1-2H3,(H,19,22)/t17-/m0/s1. The van der Waals surface area contributed by atoms with Gasteiger partial charge in [-0.2, -0.15) is 0 Å². The predicted octanol–water partition coefficient (Wildman–Crippen LogP) is 1.89. The topological polar surface area (TPSA) is 68.5 Å². The van der Waals surface area contributed by atoms with E-state index in [0.717, 1.165) is 17.1 Å². The fourth-order valence-corrected chi connectivity index (χ4v) is 2.56. The zero-order chi connectivity index (χ0) is 16.3. The molecule has 0 spiro atoms. The van der Waals surface area contributed by atoms with E-state index in [4.69, 9.17) is 4.84 Å². The van der Waals surface area contributed by atoms with Gasteiger partial charge in [0, 0.05) is 31.9 Å². The van der Waals surface area contributed by atoms with Crippen molar-refractivity contribution in [3.63, 3.8) is 0 Å². The van der Waals surface area contributed by atoms with Crippen LogP contribution in [0.2, 0.25) is 0 Å². The van der Waals surface area contributed by atoms with Gasteiger partial charge in [-0.1, -0.05) is 35.5 Å². The molecular weight excluding hydrogens is 292 g/mol. The van der Waals surface area contributed by atoms with Crippen molar-refractivity contribution in [3.05, 3.63) is 54.1 Å². The summed E-state index contributed by atoms with van der Waals surface area (Å²) in [5, 5.41) is 7.01. The lowest BCUT2D eigenvalue weighted by Crippen LogP contribution is -2.45. The number of rotatable bonds is 5. The molecule has 0 saturated carbocycles. The predicted molar refractivity (Wildman–Crippen MR) is 87.1 cm³/mol. The summed E-state index contributed by atoms with van der Waals surface area (Å²) in [6.45, 7) is 4.91. The number of hydrogen-bond acceptors (Lipinski definition) is 4. The van der Waals surface area contributed by atoms with E-state index in [0.29, 0.717) is 19.5 Å². The van der Waals surface area contributed by atoms with Gasteiger partial charge in [0.05, 0.1) is 5.71 Å². The maximum atomic E-state index is 12.4. The van der Waals surface area contributed by atoms with Crippen LogP contribution in [-0.2, 0) is 16.2 Å². The van der Waals surface area contributed by atoms with Gasteiger partial charge >= 0.3 is 0 Å². The third kappa shape index (κ3) is 3.26. The SMILES string of the molecule is Cc1nccn1CCNC(=O)[C@]1(C)CC(c2ccccc2)=NO1. The van der Waals surface area contributed by atoms with Crippen molar-refractivity contribution in [2.45, 2.75) is 32.4 Å². The zero-order valence-corrected chi connectivity index (χ0v) is 13.3. The van der Waals surface area contributed by atoms with E-state index >= 15 is 0 Å². The third-order valence-corrected chi connectivity index (χ3v) is 4.01. The first-order chi connectivity index (χ1) is 11.1. The molecule has 1 amide bonds. The van der Waals surface area contributed by atoms with E-state index in [9.17, 15) is 4.79 Å². The van der Waals surface area contributed by atoms with Gasteiger partial charge in [0.25, 0.3) is 5.91 Å². The number of benzene rings is 1. The molecule has 1 atom stereocenters. The normalized spacial score (nSPS) is 20.0. The summed E-state index contributed by atoms with van der Waals surface area (Å²) < 4.78 is 1.99. The van der Waals surface area contributed by atoms with Crippen LogP contribution in [0.3, 0.4) is 0 Å². The highest BCUT2D eigenvalue weighted by molar-refractivity contribution is 6.05. The summed E-state index contributed by atoms with van der Waals surface area (Å²) in [5.41, 5.74) is 0.835. The van der Waals surface area contributed by atoms with E-state index in [1.165, 1.54) is 0 Å². The molecule has 120 valence electrons. The molecule has 0 unspecified atom stereocenters. The van der Waals surface area contributed by atoms with Crippen LogP contribution in [-0.4, -0.2) is 33.3 Å². The van der Waals surface area contributed by atoms with Crippen LogP contribution < -0.4 is 5.32 Å². The van der Waals surface area contributed by atoms with E-state index in [1.807, 2.05) is 48.0 Å². The average molecular weight is 312 g/mol. The molecule has 1 aromatic heterocycles. The van der Waals surface area contributed by atoms with Gasteiger partial charge in [0.15, 0.2) is 0 Å². The van der Waals surface area contributed by atoms with Crippen molar-refractivity contribution >= 4 is 11.6 Å². The van der Waals surface area contributed by atoms with E-state index < -0.39 is 5.60 Å². The lowest BCUT2D eigenvalue weighted by Gasteiger charge is -2.20. The quantitative estimate of drug-likeness (QED) is 0.916. The number of carbonyl (C=O) groups excluding carboxylic acids is 1. The second kappa shape index (κ2) is 6.24. The van der Waals surface area contributed by atoms with Crippen molar-refractivity contribution in [3.8, 4) is 0 Å². The van der Waals surface area contributed by atoms with Crippen LogP contribution in [0.1, 0.15) is 24.7 Å². The van der Waals surface area contributed by atoms with Crippen LogP contribution in [0, 0.1) is 6.92 Å². The van der Waals surface area contributed by atoms with Crippen molar-refractivity contribution in [2.75, 3.05) is 6.54 Å². The number of carbonyl (C=O) groups is 1. The number of nitrogens with zero attached hydrogens (tertiary/aromatic N) is 3. The molecule has 2 heterocycles. The molecule has 0 radical (unpaired) electrons. The Bertz CT molecular complexity index is 723. The van der Waals surface area contributed by atoms with Crippen molar-refractivity contribution < 1.29 is 9.63 Å². The monoisotopic (exact) mass is 312 g/mol. The highest BCUT2D eigenvalue weighted by Crippen LogP contribution is 2.26. The van der Waals surface area contributed by atoms with Gasteiger partial charge in [-0.3, -0.25) is 4.79 Å². The second-order valence-electron chi connectivity index (χ2n) is 5.83. The van der Waals surface area contributed by atoms with E-state index in [2.05, 4.69) is 15.5 Å². The van der Waals surface area contributed by atoms with E-state index in [-0.39, 0.29) is 5.91 Å². The van der Waals surface area contributed by atoms with Crippen molar-refractivity contribution in [1.29, 1.82) is 0 Å². The molecule has 6 heteroatoms. The maximum Gasteiger partial charge on any atom is 0.267 e. The Labute approximate surface area is 135 Å². The fourth-order valence-electron chi connectivity index (χ4n) is 2.56. The second-order valence-corrected chi connectivity index (χ2v) is 5.83. The molecule has 0 fully saturated rings. The number of aryl methyl sites for hydroxylation is 1. The van der Waals surface area contributed by atoms with Gasteiger partial charge in [-0.15, -0.1) is 0 Å². The summed E-state index contributed by atoms with van der Waals surface area (Å²) in [5.74, 6) is 0.780. The van der Waals surface area contributed by atoms with Gasteiger partial charge in [0.2, 0.25) is 5.60 Å². The van der Waals surface area contributed by atoms with Gasteiger partial charge in [-0.05, 0) is 19.4 Å². The number of aromatic nitrogens is 2. The zero-order valence-electron chi connectivity index (χ0n) is 13.3. The van der Waals surface area contributed by atoms with Crippen molar-refractivity contribution in [2.24, 2.45) is 5.16 Å². The minimum atomic E-state index is -0.949. The summed E-state index contributed by atoms with van der Waals surface area (Å²) in [4.78, 5) is 22.0. The van der Waals surface area contributed by atoms with Crippen LogP contribution in [0.5, 0.6) is 0 Å². The largest absolute Gasteiger partial charge is 0.379 e. The Morgan fingerprint density at radius 1 is 1.39 bits per heavy atom. The Kier molecular flexibility index (Phi) is 4.14. The third-order valence-electron chi connectivity index (χ3n) is 4.01. The van der Waals surface area contributed by atoms with Crippen molar-refractivity contribution in [1.82, 2.24) is 14.9 Å². The molecule has 0 bridgehead atoms. The van der Waals surface area contributed by atoms with Gasteiger partial charge < -0.3 is 14.7 Å². The highest BCUT2D eigenvalue weighted by atomic mass is 16.7. The summed E-state index contributed by atoms with van der Waals surface area (Å²) in [6, 6.07) is 9.77. The van der Waals surface area contributed by atoms with Gasteiger partial charge in [0.1, 0.15) is 5.82 Å². The molecule has 1 aliphatic rings. The first kappa shape index (κ1) is 15.3. The number of amides is 1. The Morgan fingerprint density at radius 3 is 2.87 bits per heavy atom. The summed E-state index contributed by atoms with van der Waals surface area (Å²) >= 11 is 0. The maximum absolute atomic E-state index is 12.4. The summed E-state index contributed by atoms with van der Waals surface area (Å²) in [6.07, 6.45) is 4.11. The number of oxime groups is 1. The fraction of sp³-hybridized carbons (Fsp3) is 0.353. The molecule has 23 heavy (non-hydrogen) atoms. The van der Waals surface area contributed by atoms with Crippen LogP contribution in [0.15, 0.2) is 47.9 Å². The molecule has 2 aromatic rings. The minimum Gasteiger partial charge on any atom is -0.379 e. The van der Waals surface area contributed by atoms with Crippen LogP contribution >= 0.6 is 0 Å². The van der Waals surface area contributed by atoms with Crippen LogP contribution in [0.4, 0.5) is 0 Å². The average Bonchev–Trinajstić information content (AvgIpc) is 3.16. The molecule has 1 aromatic carbocycles. The molecule has 0 aliphatic carbocycles. The molecule has 1 aliphatic heterocycles. The first-order valence-corrected chi connectivity index (χ1v) is 7.65. The first-order valence-electron chi connectivity index (χ1n) is 7.65. The lowest BCUT2D eigenvalue weighted by molar-refractivity contribution is -0.141. The lowest BCUT2D eigenvalue weighted by atomic mass is 9.95. The van der Waals surface area contributed by atoms with Crippen LogP contribution in [0.25, 0.3) is 0 Å². The Morgan fingerprint density at radius 2 is 2.17 bits per heavy atom. The number of nitrogens with one attached hydrogen (secondary N) is 1.